The molecule has 0 fully saturated rings. The summed E-state index contributed by atoms with van der Waals surface area (Å²) in [5, 5.41) is 12.1. The van der Waals surface area contributed by atoms with Gasteiger partial charge in [-0.3, -0.25) is 10.1 Å². The molecule has 0 saturated carbocycles. The van der Waals surface area contributed by atoms with Crippen molar-refractivity contribution in [2.24, 2.45) is 0 Å². The van der Waals surface area contributed by atoms with Crippen LogP contribution in [0.25, 0.3) is 0 Å². The summed E-state index contributed by atoms with van der Waals surface area (Å²) in [7, 11) is 0. The van der Waals surface area contributed by atoms with Gasteiger partial charge >= 0.3 is 5.69 Å². The van der Waals surface area contributed by atoms with Gasteiger partial charge in [0.1, 0.15) is 5.75 Å². The second-order valence-corrected chi connectivity index (χ2v) is 5.08. The van der Waals surface area contributed by atoms with Gasteiger partial charge in [0, 0.05) is 22.6 Å². The average molecular weight is 219 g/mol. The third-order valence-electron chi connectivity index (χ3n) is 1.40. The molecular formula is C7H9NO3S2. The molecule has 1 aromatic heterocycles. The highest BCUT2D eigenvalue weighted by molar-refractivity contribution is 7.93. The first-order chi connectivity index (χ1) is 6.16. The third-order valence-corrected chi connectivity index (χ3v) is 4.35. The molecule has 0 aliphatic heterocycles. The molecule has 0 N–H and O–H groups in total. The Morgan fingerprint density at radius 2 is 2.38 bits per heavy atom. The van der Waals surface area contributed by atoms with E-state index in [9.17, 15) is 14.7 Å². The SMILES string of the molecule is CCC[S+]([O-])c1sccc1[N+](=O)[O-]. The summed E-state index contributed by atoms with van der Waals surface area (Å²) in [6.45, 7) is 1.90. The lowest BCUT2D eigenvalue weighted by molar-refractivity contribution is -0.387. The quantitative estimate of drug-likeness (QED) is 0.443. The smallest absolute Gasteiger partial charge is 0.335 e. The minimum Gasteiger partial charge on any atom is -0.611 e. The van der Waals surface area contributed by atoms with Crippen LogP contribution in [0.2, 0.25) is 0 Å². The van der Waals surface area contributed by atoms with Crippen LogP contribution in [0.5, 0.6) is 0 Å². The van der Waals surface area contributed by atoms with Crippen LogP contribution >= 0.6 is 11.3 Å². The first-order valence-electron chi connectivity index (χ1n) is 3.77. The zero-order valence-electron chi connectivity index (χ0n) is 7.06. The average Bonchev–Trinajstić information content (AvgIpc) is 2.52. The fourth-order valence-electron chi connectivity index (χ4n) is 0.872. The summed E-state index contributed by atoms with van der Waals surface area (Å²) in [5.74, 6) is 0.487. The van der Waals surface area contributed by atoms with E-state index in [4.69, 9.17) is 0 Å². The van der Waals surface area contributed by atoms with Crippen molar-refractivity contribution in [2.45, 2.75) is 17.6 Å². The van der Waals surface area contributed by atoms with Crippen LogP contribution < -0.4 is 0 Å². The maximum absolute atomic E-state index is 11.4. The van der Waals surface area contributed by atoms with Crippen molar-refractivity contribution < 1.29 is 9.48 Å². The maximum atomic E-state index is 11.4. The van der Waals surface area contributed by atoms with Crippen molar-refractivity contribution in [2.75, 3.05) is 5.75 Å². The number of nitrogens with zero attached hydrogens (tertiary/aromatic N) is 1. The molecule has 1 heterocycles. The molecule has 0 aromatic carbocycles. The molecule has 0 bridgehead atoms. The van der Waals surface area contributed by atoms with Crippen LogP contribution in [0.3, 0.4) is 0 Å². The predicted octanol–water partition coefficient (Wildman–Crippen LogP) is 2.17. The Bertz CT molecular complexity index is 300. The van der Waals surface area contributed by atoms with Crippen molar-refractivity contribution in [3.8, 4) is 0 Å². The third kappa shape index (κ3) is 2.43. The number of hydrogen-bond donors (Lipinski definition) is 0. The van der Waals surface area contributed by atoms with Gasteiger partial charge in [0.15, 0.2) is 0 Å². The predicted molar refractivity (Wildman–Crippen MR) is 52.5 cm³/mol. The number of hydrogen-bond acceptors (Lipinski definition) is 4. The highest BCUT2D eigenvalue weighted by Crippen LogP contribution is 2.30. The summed E-state index contributed by atoms with van der Waals surface area (Å²) < 4.78 is 11.8. The Hall–Kier alpha value is -0.590. The van der Waals surface area contributed by atoms with E-state index in [1.165, 1.54) is 17.4 Å². The van der Waals surface area contributed by atoms with Crippen LogP contribution in [0.15, 0.2) is 15.7 Å². The van der Waals surface area contributed by atoms with E-state index in [2.05, 4.69) is 0 Å². The van der Waals surface area contributed by atoms with Gasteiger partial charge < -0.3 is 4.55 Å². The topological polar surface area (TPSA) is 66.2 Å². The molecule has 0 spiro atoms. The van der Waals surface area contributed by atoms with Crippen molar-refractivity contribution in [1.82, 2.24) is 0 Å². The molecule has 0 radical (unpaired) electrons. The summed E-state index contributed by atoms with van der Waals surface area (Å²) >= 11 is -0.0235. The monoisotopic (exact) mass is 219 g/mol. The van der Waals surface area contributed by atoms with Gasteiger partial charge in [-0.1, -0.05) is 18.3 Å². The zero-order chi connectivity index (χ0) is 9.84. The number of nitro groups is 1. The van der Waals surface area contributed by atoms with Crippen molar-refractivity contribution in [3.63, 3.8) is 0 Å². The summed E-state index contributed by atoms with van der Waals surface area (Å²) in [5.41, 5.74) is -0.0169. The fourth-order valence-corrected chi connectivity index (χ4v) is 3.23. The van der Waals surface area contributed by atoms with Crippen molar-refractivity contribution >= 4 is 28.2 Å². The molecule has 13 heavy (non-hydrogen) atoms. The van der Waals surface area contributed by atoms with Crippen molar-refractivity contribution in [3.05, 3.63) is 21.6 Å². The van der Waals surface area contributed by atoms with Crippen LogP contribution in [0.1, 0.15) is 13.3 Å². The molecule has 72 valence electrons. The molecule has 0 aliphatic carbocycles. The molecular weight excluding hydrogens is 210 g/mol. The van der Waals surface area contributed by atoms with E-state index in [0.717, 1.165) is 6.42 Å². The van der Waals surface area contributed by atoms with Crippen molar-refractivity contribution in [1.29, 1.82) is 0 Å². The lowest BCUT2D eigenvalue weighted by atomic mass is 10.6. The van der Waals surface area contributed by atoms with Gasteiger partial charge in [-0.2, -0.15) is 0 Å². The highest BCUT2D eigenvalue weighted by Gasteiger charge is 2.25. The summed E-state index contributed by atoms with van der Waals surface area (Å²) in [6.07, 6.45) is 0.766. The second-order valence-electron chi connectivity index (χ2n) is 2.40. The van der Waals surface area contributed by atoms with Gasteiger partial charge in [-0.05, 0) is 6.42 Å². The molecule has 6 heteroatoms. The minimum absolute atomic E-state index is 0.0169. The number of thiophene rings is 1. The molecule has 1 unspecified atom stereocenters. The molecule has 4 nitrogen and oxygen atoms in total. The molecule has 0 saturated heterocycles. The highest BCUT2D eigenvalue weighted by atomic mass is 32.2. The standard InChI is InChI=1S/C7H9NO3S2/c1-2-5-13(11)7-6(8(9)10)3-4-12-7/h3-4H,2,5H2,1H3. The summed E-state index contributed by atoms with van der Waals surface area (Å²) in [6, 6.07) is 1.40. The van der Waals surface area contributed by atoms with Crippen LogP contribution in [-0.4, -0.2) is 15.2 Å². The second kappa shape index (κ2) is 4.59. The van der Waals surface area contributed by atoms with E-state index in [0.29, 0.717) is 9.96 Å². The number of rotatable bonds is 4. The Morgan fingerprint density at radius 3 is 2.92 bits per heavy atom. The molecule has 1 aromatic rings. The maximum Gasteiger partial charge on any atom is 0.335 e. The van der Waals surface area contributed by atoms with E-state index in [1.54, 1.807) is 5.38 Å². The Morgan fingerprint density at radius 1 is 1.69 bits per heavy atom. The van der Waals surface area contributed by atoms with E-state index in [1.807, 2.05) is 6.92 Å². The van der Waals surface area contributed by atoms with Gasteiger partial charge in [0.2, 0.25) is 0 Å². The van der Waals surface area contributed by atoms with Crippen LogP contribution in [0, 0.1) is 10.1 Å². The molecule has 0 aliphatic rings. The van der Waals surface area contributed by atoms with E-state index < -0.39 is 16.1 Å². The molecule has 0 amide bonds. The lowest BCUT2D eigenvalue weighted by Gasteiger charge is -2.05. The first kappa shape index (κ1) is 10.5. The molecule has 1 rings (SSSR count). The van der Waals surface area contributed by atoms with Crippen LogP contribution in [-0.2, 0) is 11.2 Å². The lowest BCUT2D eigenvalue weighted by Crippen LogP contribution is -2.05. The Labute approximate surface area is 82.9 Å². The largest absolute Gasteiger partial charge is 0.611 e. The molecule has 1 atom stereocenters. The first-order valence-corrected chi connectivity index (χ1v) is 5.97. The van der Waals surface area contributed by atoms with Gasteiger partial charge in [0.05, 0.1) is 4.92 Å². The van der Waals surface area contributed by atoms with Gasteiger partial charge in [-0.15, -0.1) is 0 Å². The van der Waals surface area contributed by atoms with Gasteiger partial charge in [0.25, 0.3) is 4.21 Å². The normalized spacial score (nSPS) is 12.8. The fraction of sp³-hybridized carbons (Fsp3) is 0.429. The minimum atomic E-state index is -1.21. The summed E-state index contributed by atoms with van der Waals surface area (Å²) in [4.78, 5) is 9.98. The van der Waals surface area contributed by atoms with E-state index in [-0.39, 0.29) is 5.69 Å². The Balaban J connectivity index is 2.86. The van der Waals surface area contributed by atoms with Crippen LogP contribution in [0.4, 0.5) is 5.69 Å². The van der Waals surface area contributed by atoms with Gasteiger partial charge in [-0.25, -0.2) is 0 Å². The zero-order valence-corrected chi connectivity index (χ0v) is 8.69. The Kier molecular flexibility index (Phi) is 3.71. The van der Waals surface area contributed by atoms with E-state index >= 15 is 0 Å².